The van der Waals surface area contributed by atoms with Gasteiger partial charge in [-0.2, -0.15) is 4.98 Å². The number of rotatable bonds is 6. The van der Waals surface area contributed by atoms with Crippen molar-refractivity contribution in [2.24, 2.45) is 0 Å². The minimum absolute atomic E-state index is 0.146. The molecule has 0 saturated carbocycles. The molecule has 3 heterocycles. The lowest BCUT2D eigenvalue weighted by Crippen LogP contribution is -2.46. The molecule has 1 atom stereocenters. The smallest absolute Gasteiger partial charge is 0.240 e. The molecule has 28 heavy (non-hydrogen) atoms. The van der Waals surface area contributed by atoms with Gasteiger partial charge in [0.15, 0.2) is 5.82 Å². The molecule has 2 aromatic heterocycles. The maximum Gasteiger partial charge on any atom is 0.240 e. The zero-order chi connectivity index (χ0) is 19.5. The van der Waals surface area contributed by atoms with E-state index >= 15 is 0 Å². The molecule has 0 amide bonds. The number of anilines is 1. The van der Waals surface area contributed by atoms with Crippen molar-refractivity contribution in [1.29, 1.82) is 0 Å². The molecule has 8 heteroatoms. The highest BCUT2D eigenvalue weighted by Gasteiger charge is 2.21. The first-order valence-corrected chi connectivity index (χ1v) is 9.97. The molecule has 3 aromatic rings. The lowest BCUT2D eigenvalue weighted by molar-refractivity contribution is 0.0683. The Morgan fingerprint density at radius 2 is 2.04 bits per heavy atom. The number of ether oxygens (including phenoxy) is 1. The summed E-state index contributed by atoms with van der Waals surface area (Å²) in [6, 6.07) is 7.95. The number of hydrogen-bond donors (Lipinski definition) is 0. The lowest BCUT2D eigenvalue weighted by Gasteiger charge is -2.35. The maximum atomic E-state index is 6.10. The van der Waals surface area contributed by atoms with Crippen LogP contribution in [0, 0.1) is 0 Å². The van der Waals surface area contributed by atoms with Crippen molar-refractivity contribution in [2.45, 2.75) is 26.5 Å². The summed E-state index contributed by atoms with van der Waals surface area (Å²) < 4.78 is 10.9. The number of aromatic nitrogens is 3. The average molecular weight is 402 g/mol. The zero-order valence-corrected chi connectivity index (χ0v) is 16.9. The number of pyridine rings is 1. The molecule has 0 spiro atoms. The van der Waals surface area contributed by atoms with E-state index in [1.165, 1.54) is 5.69 Å². The second-order valence-electron chi connectivity index (χ2n) is 6.90. The average Bonchev–Trinajstić information content (AvgIpc) is 3.17. The number of hydrogen-bond acceptors (Lipinski definition) is 7. The first kappa shape index (κ1) is 19.1. The Labute approximate surface area is 169 Å². The Kier molecular flexibility index (Phi) is 5.75. The number of benzene rings is 1. The summed E-state index contributed by atoms with van der Waals surface area (Å²) in [5.74, 6) is 1.25. The third-order valence-electron chi connectivity index (χ3n) is 5.02. The Balaban J connectivity index is 1.39. The second kappa shape index (κ2) is 8.43. The molecular formula is C20H24ClN5O2. The van der Waals surface area contributed by atoms with Crippen LogP contribution < -0.4 is 4.90 Å². The molecule has 0 aliphatic carbocycles. The van der Waals surface area contributed by atoms with Gasteiger partial charge >= 0.3 is 0 Å². The van der Waals surface area contributed by atoms with Crippen LogP contribution in [0.15, 0.2) is 35.0 Å². The first-order chi connectivity index (χ1) is 13.6. The van der Waals surface area contributed by atoms with Gasteiger partial charge in [0.1, 0.15) is 6.10 Å². The summed E-state index contributed by atoms with van der Waals surface area (Å²) in [5.41, 5.74) is 2.13. The van der Waals surface area contributed by atoms with E-state index in [1.54, 1.807) is 0 Å². The van der Waals surface area contributed by atoms with E-state index in [4.69, 9.17) is 20.9 Å². The molecule has 1 unspecified atom stereocenters. The number of fused-ring (bicyclic) bond motifs is 1. The van der Waals surface area contributed by atoms with E-state index in [1.807, 2.05) is 38.2 Å². The van der Waals surface area contributed by atoms with Gasteiger partial charge < -0.3 is 14.2 Å². The van der Waals surface area contributed by atoms with Crippen molar-refractivity contribution < 1.29 is 9.26 Å². The van der Waals surface area contributed by atoms with Gasteiger partial charge in [-0.25, -0.2) is 0 Å². The molecule has 0 bridgehead atoms. The van der Waals surface area contributed by atoms with Crippen LogP contribution in [0.25, 0.3) is 10.9 Å². The van der Waals surface area contributed by atoms with E-state index in [0.29, 0.717) is 29.9 Å². The molecule has 1 aromatic carbocycles. The second-order valence-corrected chi connectivity index (χ2v) is 7.34. The molecule has 1 fully saturated rings. The summed E-state index contributed by atoms with van der Waals surface area (Å²) >= 11 is 6.10. The fourth-order valence-corrected chi connectivity index (χ4v) is 3.71. The van der Waals surface area contributed by atoms with Crippen LogP contribution in [0.5, 0.6) is 0 Å². The van der Waals surface area contributed by atoms with E-state index < -0.39 is 0 Å². The molecule has 0 N–H and O–H groups in total. The van der Waals surface area contributed by atoms with Crippen molar-refractivity contribution in [1.82, 2.24) is 20.0 Å². The Hall–Kier alpha value is -2.22. The molecule has 4 rings (SSSR count). The molecule has 0 radical (unpaired) electrons. The van der Waals surface area contributed by atoms with Gasteiger partial charge in [0.2, 0.25) is 5.89 Å². The summed E-state index contributed by atoms with van der Waals surface area (Å²) in [5, 5.41) is 5.88. The van der Waals surface area contributed by atoms with E-state index in [9.17, 15) is 0 Å². The Morgan fingerprint density at radius 3 is 2.82 bits per heavy atom. The van der Waals surface area contributed by atoms with Crippen molar-refractivity contribution in [2.75, 3.05) is 37.7 Å². The predicted molar refractivity (Wildman–Crippen MR) is 109 cm³/mol. The zero-order valence-electron chi connectivity index (χ0n) is 16.1. The van der Waals surface area contributed by atoms with Gasteiger partial charge in [-0.3, -0.25) is 9.88 Å². The van der Waals surface area contributed by atoms with Crippen molar-refractivity contribution >= 4 is 28.2 Å². The highest BCUT2D eigenvalue weighted by molar-refractivity contribution is 6.31. The highest BCUT2D eigenvalue weighted by atomic mass is 35.5. The first-order valence-electron chi connectivity index (χ1n) is 9.59. The van der Waals surface area contributed by atoms with Crippen molar-refractivity contribution in [3.05, 3.63) is 47.2 Å². The summed E-state index contributed by atoms with van der Waals surface area (Å²) in [7, 11) is 0. The van der Waals surface area contributed by atoms with Crippen LogP contribution >= 0.6 is 11.6 Å². The monoisotopic (exact) mass is 401 g/mol. The van der Waals surface area contributed by atoms with E-state index in [-0.39, 0.29) is 6.10 Å². The summed E-state index contributed by atoms with van der Waals surface area (Å²) in [6.07, 6.45) is 1.70. The third-order valence-corrected chi connectivity index (χ3v) is 5.25. The predicted octanol–water partition coefficient (Wildman–Crippen LogP) is 3.69. The quantitative estimate of drug-likeness (QED) is 0.623. The normalized spacial score (nSPS) is 16.6. The molecular weight excluding hydrogens is 378 g/mol. The van der Waals surface area contributed by atoms with Crippen LogP contribution in [-0.2, 0) is 11.3 Å². The standard InChI is InChI=1S/C20H24ClN5O2/c1-3-27-14(2)20-23-19(28-24-20)13-25-8-10-26(11-9-25)18-6-7-22-17-12-15(21)4-5-16(17)18/h4-7,12,14H,3,8-11,13H2,1-2H3. The fraction of sp³-hybridized carbons (Fsp3) is 0.450. The van der Waals surface area contributed by atoms with Crippen molar-refractivity contribution in [3.8, 4) is 0 Å². The Morgan fingerprint density at radius 1 is 1.21 bits per heavy atom. The molecule has 1 aliphatic rings. The van der Waals surface area contributed by atoms with Gasteiger partial charge in [0.25, 0.3) is 0 Å². The van der Waals surface area contributed by atoms with Gasteiger partial charge in [-0.1, -0.05) is 16.8 Å². The largest absolute Gasteiger partial charge is 0.371 e. The lowest BCUT2D eigenvalue weighted by atomic mass is 10.1. The van der Waals surface area contributed by atoms with Crippen LogP contribution in [0.3, 0.4) is 0 Å². The number of nitrogens with zero attached hydrogens (tertiary/aromatic N) is 5. The van der Waals surface area contributed by atoms with Crippen LogP contribution in [0.4, 0.5) is 5.69 Å². The SMILES string of the molecule is CCOC(C)c1noc(CN2CCN(c3ccnc4cc(Cl)ccc34)CC2)n1. The third kappa shape index (κ3) is 4.11. The maximum absolute atomic E-state index is 6.10. The van der Waals surface area contributed by atoms with E-state index in [0.717, 1.165) is 37.1 Å². The molecule has 1 aliphatic heterocycles. The number of piperazine rings is 1. The van der Waals surface area contributed by atoms with E-state index in [2.05, 4.69) is 31.0 Å². The van der Waals surface area contributed by atoms with Crippen LogP contribution in [-0.4, -0.2) is 52.8 Å². The van der Waals surface area contributed by atoms with Gasteiger partial charge in [-0.05, 0) is 38.1 Å². The fourth-order valence-electron chi connectivity index (χ4n) is 3.54. The molecule has 1 saturated heterocycles. The summed E-state index contributed by atoms with van der Waals surface area (Å²) in [4.78, 5) is 13.6. The van der Waals surface area contributed by atoms with Gasteiger partial charge in [0, 0.05) is 55.1 Å². The number of halogens is 1. The minimum Gasteiger partial charge on any atom is -0.371 e. The Bertz CT molecular complexity index is 939. The van der Waals surface area contributed by atoms with Crippen molar-refractivity contribution in [3.63, 3.8) is 0 Å². The van der Waals surface area contributed by atoms with Gasteiger partial charge in [-0.15, -0.1) is 0 Å². The van der Waals surface area contributed by atoms with Crippen LogP contribution in [0.1, 0.15) is 31.7 Å². The van der Waals surface area contributed by atoms with Crippen LogP contribution in [0.2, 0.25) is 5.02 Å². The molecule has 148 valence electrons. The minimum atomic E-state index is -0.146. The highest BCUT2D eigenvalue weighted by Crippen LogP contribution is 2.28. The van der Waals surface area contributed by atoms with Gasteiger partial charge in [0.05, 0.1) is 12.1 Å². The summed E-state index contributed by atoms with van der Waals surface area (Å²) in [6.45, 7) is 8.89. The topological polar surface area (TPSA) is 67.5 Å². The molecule has 7 nitrogen and oxygen atoms in total.